The van der Waals surface area contributed by atoms with E-state index in [1.165, 1.54) is 34.9 Å². The minimum absolute atomic E-state index is 0.00684. The Hall–Kier alpha value is -3.77. The molecular weight excluding hydrogens is 460 g/mol. The molecule has 0 saturated heterocycles. The monoisotopic (exact) mass is 486 g/mol. The summed E-state index contributed by atoms with van der Waals surface area (Å²) in [6, 6.07) is 12.9. The lowest BCUT2D eigenvalue weighted by molar-refractivity contribution is -0.383. The van der Waals surface area contributed by atoms with Crippen molar-refractivity contribution < 1.29 is 18.1 Å². The van der Waals surface area contributed by atoms with Crippen molar-refractivity contribution >= 4 is 38.7 Å². The van der Waals surface area contributed by atoms with Crippen LogP contribution in [0.1, 0.15) is 20.8 Å². The fourth-order valence-corrected chi connectivity index (χ4v) is 4.69. The first-order chi connectivity index (χ1) is 16.3. The van der Waals surface area contributed by atoms with Crippen LogP contribution < -0.4 is 15.4 Å². The number of nitrogens with zero attached hydrogens (tertiary/aromatic N) is 4. The first kappa shape index (κ1) is 24.9. The molecule has 0 saturated carbocycles. The standard InChI is InChI=1S/C22H26N6O5S/c1-4-27(5-2)34(31,32)19-13-9-17(10-14-19)26-22-20(28(29)30)21(23-15-24-22)25-16-7-11-18(12-8-16)33-6-3/h7-15H,4-6H2,1-3H3,(H2,23,24,25,26). The lowest BCUT2D eigenvalue weighted by Crippen LogP contribution is -2.30. The normalized spacial score (nSPS) is 11.3. The van der Waals surface area contributed by atoms with Crippen LogP contribution in [0.15, 0.2) is 59.8 Å². The van der Waals surface area contributed by atoms with Crippen LogP contribution in [0.2, 0.25) is 0 Å². The van der Waals surface area contributed by atoms with Crippen LogP contribution in [-0.4, -0.2) is 47.3 Å². The summed E-state index contributed by atoms with van der Waals surface area (Å²) < 4.78 is 32.1. The van der Waals surface area contributed by atoms with E-state index in [9.17, 15) is 18.5 Å². The Labute approximate surface area is 198 Å². The van der Waals surface area contributed by atoms with Crippen LogP contribution >= 0.6 is 0 Å². The fourth-order valence-electron chi connectivity index (χ4n) is 3.23. The molecule has 0 spiro atoms. The molecule has 0 unspecified atom stereocenters. The Bertz CT molecular complexity index is 1230. The molecule has 0 amide bonds. The van der Waals surface area contributed by atoms with Gasteiger partial charge in [0.2, 0.25) is 21.7 Å². The number of hydrogen-bond donors (Lipinski definition) is 2. The Balaban J connectivity index is 1.86. The van der Waals surface area contributed by atoms with Crippen LogP contribution in [0.4, 0.5) is 28.7 Å². The molecule has 0 aliphatic carbocycles. The molecule has 1 heterocycles. The molecule has 3 aromatic rings. The average Bonchev–Trinajstić information content (AvgIpc) is 2.81. The summed E-state index contributed by atoms with van der Waals surface area (Å²) in [6.07, 6.45) is 1.20. The van der Waals surface area contributed by atoms with Gasteiger partial charge in [-0.3, -0.25) is 10.1 Å². The fraction of sp³-hybridized carbons (Fsp3) is 0.273. The molecule has 1 aromatic heterocycles. The maximum absolute atomic E-state index is 12.7. The topological polar surface area (TPSA) is 140 Å². The summed E-state index contributed by atoms with van der Waals surface area (Å²) in [6.45, 7) is 6.66. The van der Waals surface area contributed by atoms with Gasteiger partial charge in [-0.2, -0.15) is 4.31 Å². The summed E-state index contributed by atoms with van der Waals surface area (Å²) >= 11 is 0. The van der Waals surface area contributed by atoms with Crippen molar-refractivity contribution in [1.82, 2.24) is 14.3 Å². The number of aromatic nitrogens is 2. The van der Waals surface area contributed by atoms with Gasteiger partial charge in [-0.25, -0.2) is 18.4 Å². The van der Waals surface area contributed by atoms with E-state index in [1.54, 1.807) is 38.1 Å². The predicted molar refractivity (Wildman–Crippen MR) is 129 cm³/mol. The highest BCUT2D eigenvalue weighted by Gasteiger charge is 2.24. The van der Waals surface area contributed by atoms with E-state index in [1.807, 2.05) is 6.92 Å². The number of nitrogens with one attached hydrogen (secondary N) is 2. The molecule has 12 heteroatoms. The van der Waals surface area contributed by atoms with E-state index in [2.05, 4.69) is 20.6 Å². The van der Waals surface area contributed by atoms with Crippen molar-refractivity contribution in [1.29, 1.82) is 0 Å². The molecule has 0 aliphatic rings. The number of hydrogen-bond acceptors (Lipinski definition) is 9. The van der Waals surface area contributed by atoms with E-state index >= 15 is 0 Å². The summed E-state index contributed by atoms with van der Waals surface area (Å²) in [7, 11) is -3.61. The maximum atomic E-state index is 12.7. The molecule has 0 fully saturated rings. The van der Waals surface area contributed by atoms with Crippen molar-refractivity contribution in [3.8, 4) is 5.75 Å². The largest absolute Gasteiger partial charge is 0.494 e. The molecule has 2 N–H and O–H groups in total. The highest BCUT2D eigenvalue weighted by molar-refractivity contribution is 7.89. The maximum Gasteiger partial charge on any atom is 0.353 e. The van der Waals surface area contributed by atoms with Gasteiger partial charge in [-0.05, 0) is 55.5 Å². The number of sulfonamides is 1. The van der Waals surface area contributed by atoms with Crippen molar-refractivity contribution in [2.75, 3.05) is 30.3 Å². The number of ether oxygens (including phenoxy) is 1. The van der Waals surface area contributed by atoms with Crippen molar-refractivity contribution in [3.63, 3.8) is 0 Å². The second-order valence-corrected chi connectivity index (χ2v) is 8.94. The van der Waals surface area contributed by atoms with E-state index in [0.717, 1.165) is 0 Å². The second-order valence-electron chi connectivity index (χ2n) is 7.00. The van der Waals surface area contributed by atoms with E-state index in [4.69, 9.17) is 4.74 Å². The van der Waals surface area contributed by atoms with Gasteiger partial charge in [-0.15, -0.1) is 0 Å². The molecule has 0 aliphatic heterocycles. The first-order valence-corrected chi connectivity index (χ1v) is 12.1. The zero-order chi connectivity index (χ0) is 24.7. The minimum atomic E-state index is -3.61. The summed E-state index contributed by atoms with van der Waals surface area (Å²) in [5.41, 5.74) is 0.672. The highest BCUT2D eigenvalue weighted by Crippen LogP contribution is 2.33. The second kappa shape index (κ2) is 10.9. The molecule has 2 aromatic carbocycles. The highest BCUT2D eigenvalue weighted by atomic mass is 32.2. The number of nitro groups is 1. The Morgan fingerprint density at radius 1 is 0.912 bits per heavy atom. The third kappa shape index (κ3) is 5.58. The molecule has 0 atom stereocenters. The summed E-state index contributed by atoms with van der Waals surface area (Å²) in [5.74, 6) is 0.652. The zero-order valence-corrected chi connectivity index (χ0v) is 19.9. The first-order valence-electron chi connectivity index (χ1n) is 10.7. The summed E-state index contributed by atoms with van der Waals surface area (Å²) in [4.78, 5) is 19.4. The third-order valence-electron chi connectivity index (χ3n) is 4.89. The van der Waals surface area contributed by atoms with Gasteiger partial charge in [0, 0.05) is 24.5 Å². The molecule has 0 bridgehead atoms. The van der Waals surface area contributed by atoms with Crippen LogP contribution in [0.25, 0.3) is 0 Å². The smallest absolute Gasteiger partial charge is 0.353 e. The lowest BCUT2D eigenvalue weighted by Gasteiger charge is -2.18. The molecule has 11 nitrogen and oxygen atoms in total. The van der Waals surface area contributed by atoms with Gasteiger partial charge in [0.05, 0.1) is 16.4 Å². The summed E-state index contributed by atoms with van der Waals surface area (Å²) in [5, 5.41) is 17.6. The van der Waals surface area contributed by atoms with Gasteiger partial charge in [0.25, 0.3) is 0 Å². The number of anilines is 4. The zero-order valence-electron chi connectivity index (χ0n) is 19.1. The predicted octanol–water partition coefficient (Wildman–Crippen LogP) is 4.30. The van der Waals surface area contributed by atoms with Gasteiger partial charge in [0.1, 0.15) is 12.1 Å². The van der Waals surface area contributed by atoms with Crippen molar-refractivity contribution in [2.24, 2.45) is 0 Å². The molecule has 34 heavy (non-hydrogen) atoms. The quantitative estimate of drug-likeness (QED) is 0.300. The molecular formula is C22H26N6O5S. The Kier molecular flexibility index (Phi) is 7.97. The van der Waals surface area contributed by atoms with E-state index < -0.39 is 14.9 Å². The number of rotatable bonds is 11. The van der Waals surface area contributed by atoms with Gasteiger partial charge in [-0.1, -0.05) is 13.8 Å². The third-order valence-corrected chi connectivity index (χ3v) is 6.96. The van der Waals surface area contributed by atoms with E-state index in [-0.39, 0.29) is 22.2 Å². The van der Waals surface area contributed by atoms with Gasteiger partial charge < -0.3 is 15.4 Å². The van der Waals surface area contributed by atoms with Gasteiger partial charge >= 0.3 is 5.69 Å². The Morgan fingerprint density at radius 3 is 1.85 bits per heavy atom. The lowest BCUT2D eigenvalue weighted by atomic mass is 10.3. The molecule has 0 radical (unpaired) electrons. The van der Waals surface area contributed by atoms with Crippen LogP contribution in [-0.2, 0) is 10.0 Å². The minimum Gasteiger partial charge on any atom is -0.494 e. The SMILES string of the molecule is CCOc1ccc(Nc2ncnc(Nc3ccc(S(=O)(=O)N(CC)CC)cc3)c2[N+](=O)[O-])cc1. The van der Waals surface area contributed by atoms with Gasteiger partial charge in [0.15, 0.2) is 0 Å². The van der Waals surface area contributed by atoms with Crippen molar-refractivity contribution in [2.45, 2.75) is 25.7 Å². The van der Waals surface area contributed by atoms with Crippen LogP contribution in [0, 0.1) is 10.1 Å². The van der Waals surface area contributed by atoms with Crippen LogP contribution in [0.5, 0.6) is 5.75 Å². The average molecular weight is 487 g/mol. The van der Waals surface area contributed by atoms with Crippen LogP contribution in [0.3, 0.4) is 0 Å². The molecule has 3 rings (SSSR count). The Morgan fingerprint density at radius 2 is 1.41 bits per heavy atom. The van der Waals surface area contributed by atoms with Crippen molar-refractivity contribution in [3.05, 3.63) is 65.0 Å². The van der Waals surface area contributed by atoms with E-state index in [0.29, 0.717) is 36.8 Å². The molecule has 180 valence electrons. The number of benzene rings is 2.